The number of benzene rings is 4. The molecule has 0 unspecified atom stereocenters. The highest BCUT2D eigenvalue weighted by Crippen LogP contribution is 2.40. The van der Waals surface area contributed by atoms with E-state index in [1.54, 1.807) is 11.3 Å². The second-order valence-corrected chi connectivity index (χ2v) is 9.48. The van der Waals surface area contributed by atoms with Gasteiger partial charge in [0.05, 0.1) is 15.9 Å². The van der Waals surface area contributed by atoms with Gasteiger partial charge in [-0.25, -0.2) is 9.97 Å². The van der Waals surface area contributed by atoms with Crippen molar-refractivity contribution in [1.82, 2.24) is 9.97 Å². The summed E-state index contributed by atoms with van der Waals surface area (Å²) >= 11 is 8.04. The summed E-state index contributed by atoms with van der Waals surface area (Å²) in [7, 11) is 0. The van der Waals surface area contributed by atoms with Crippen LogP contribution >= 0.6 is 22.9 Å². The highest BCUT2D eigenvalue weighted by molar-refractivity contribution is 7.22. The van der Waals surface area contributed by atoms with Gasteiger partial charge in [0.25, 0.3) is 0 Å². The summed E-state index contributed by atoms with van der Waals surface area (Å²) in [6.07, 6.45) is 0. The molecule has 6 aromatic rings. The van der Waals surface area contributed by atoms with E-state index in [-0.39, 0.29) is 5.28 Å². The summed E-state index contributed by atoms with van der Waals surface area (Å²) < 4.78 is 1.03. The Morgan fingerprint density at radius 2 is 1.11 bits per heavy atom. The van der Waals surface area contributed by atoms with Crippen LogP contribution in [0.1, 0.15) is 0 Å². The Hall–Kier alpha value is -3.99. The van der Waals surface area contributed by atoms with Gasteiger partial charge < -0.3 is 4.90 Å². The molecule has 0 atom stereocenters. The van der Waals surface area contributed by atoms with Crippen molar-refractivity contribution < 1.29 is 0 Å². The van der Waals surface area contributed by atoms with Crippen molar-refractivity contribution in [3.8, 4) is 21.7 Å². The quantitative estimate of drug-likeness (QED) is 0.226. The van der Waals surface area contributed by atoms with Crippen molar-refractivity contribution in [3.63, 3.8) is 0 Å². The van der Waals surface area contributed by atoms with Gasteiger partial charge in [-0.1, -0.05) is 78.9 Å². The molecule has 0 N–H and O–H groups in total. The Kier molecular flexibility index (Phi) is 5.75. The summed E-state index contributed by atoms with van der Waals surface area (Å²) in [5.41, 5.74) is 7.15. The second-order valence-electron chi connectivity index (χ2n) is 8.09. The Morgan fingerprint density at radius 1 is 0.571 bits per heavy atom. The first kappa shape index (κ1) is 21.5. The summed E-state index contributed by atoms with van der Waals surface area (Å²) in [6, 6.07) is 41.6. The minimum Gasteiger partial charge on any atom is -0.311 e. The SMILES string of the molecule is Clc1nc(-c2ccc(N(c3ccccc3)c3ccccc3)cc2)c2sc(-c3ccccc3)cc2n1. The van der Waals surface area contributed by atoms with E-state index in [1.165, 1.54) is 0 Å². The van der Waals surface area contributed by atoms with E-state index >= 15 is 0 Å². The summed E-state index contributed by atoms with van der Waals surface area (Å²) in [5.74, 6) is 0. The third kappa shape index (κ3) is 4.30. The molecule has 0 saturated heterocycles. The molecule has 0 saturated carbocycles. The fraction of sp³-hybridized carbons (Fsp3) is 0. The number of hydrogen-bond acceptors (Lipinski definition) is 4. The molecule has 0 bridgehead atoms. The van der Waals surface area contributed by atoms with Crippen LogP contribution in [0.25, 0.3) is 31.9 Å². The molecule has 0 radical (unpaired) electrons. The fourth-order valence-corrected chi connectivity index (χ4v) is 5.50. The number of rotatable bonds is 5. The molecule has 5 heteroatoms. The van der Waals surface area contributed by atoms with Crippen LogP contribution in [0.4, 0.5) is 17.1 Å². The number of nitrogens with zero attached hydrogens (tertiary/aromatic N) is 3. The minimum atomic E-state index is 0.254. The molecule has 0 amide bonds. The van der Waals surface area contributed by atoms with Crippen LogP contribution in [0.15, 0.2) is 121 Å². The predicted molar refractivity (Wildman–Crippen MR) is 148 cm³/mol. The molecule has 168 valence electrons. The lowest BCUT2D eigenvalue weighted by molar-refractivity contribution is 1.23. The lowest BCUT2D eigenvalue weighted by Gasteiger charge is -2.25. The van der Waals surface area contributed by atoms with E-state index in [1.807, 2.05) is 30.3 Å². The molecule has 35 heavy (non-hydrogen) atoms. The Labute approximate surface area is 212 Å². The second kappa shape index (κ2) is 9.34. The Balaban J connectivity index is 1.43. The number of para-hydroxylation sites is 2. The van der Waals surface area contributed by atoms with Crippen molar-refractivity contribution in [2.24, 2.45) is 0 Å². The molecule has 0 fully saturated rings. The molecule has 0 aliphatic carbocycles. The standard InChI is InChI=1S/C30H20ClN3S/c31-30-32-26-20-27(21-10-4-1-5-11-21)35-29(26)28(33-30)22-16-18-25(19-17-22)34(23-12-6-2-7-13-23)24-14-8-3-9-15-24/h1-20H. The average Bonchev–Trinajstić information content (AvgIpc) is 3.35. The summed E-state index contributed by atoms with van der Waals surface area (Å²) in [4.78, 5) is 12.5. The van der Waals surface area contributed by atoms with Gasteiger partial charge in [0, 0.05) is 27.5 Å². The third-order valence-corrected chi connectivity index (χ3v) is 7.18. The zero-order chi connectivity index (χ0) is 23.6. The summed E-state index contributed by atoms with van der Waals surface area (Å²) in [5, 5.41) is 0.254. The predicted octanol–water partition coefficient (Wildman–Crippen LogP) is 9.15. The first-order valence-corrected chi connectivity index (χ1v) is 12.5. The highest BCUT2D eigenvalue weighted by Gasteiger charge is 2.16. The molecular weight excluding hydrogens is 470 g/mol. The molecule has 0 aliphatic heterocycles. The molecule has 2 aromatic heterocycles. The van der Waals surface area contributed by atoms with Crippen molar-refractivity contribution >= 4 is 50.2 Å². The first-order valence-electron chi connectivity index (χ1n) is 11.3. The smallest absolute Gasteiger partial charge is 0.223 e. The van der Waals surface area contributed by atoms with Crippen LogP contribution in [-0.4, -0.2) is 9.97 Å². The number of halogens is 1. The van der Waals surface area contributed by atoms with Crippen molar-refractivity contribution in [2.45, 2.75) is 0 Å². The molecule has 2 heterocycles. The third-order valence-electron chi connectivity index (χ3n) is 5.83. The van der Waals surface area contributed by atoms with Gasteiger partial charge in [0.2, 0.25) is 5.28 Å². The zero-order valence-corrected chi connectivity index (χ0v) is 20.2. The summed E-state index contributed by atoms with van der Waals surface area (Å²) in [6.45, 7) is 0. The molecule has 0 aliphatic rings. The fourth-order valence-electron chi connectivity index (χ4n) is 4.21. The van der Waals surface area contributed by atoms with Crippen LogP contribution in [0, 0.1) is 0 Å². The topological polar surface area (TPSA) is 29.0 Å². The largest absolute Gasteiger partial charge is 0.311 e. The van der Waals surface area contributed by atoms with Crippen LogP contribution in [0.5, 0.6) is 0 Å². The Morgan fingerprint density at radius 3 is 1.71 bits per heavy atom. The van der Waals surface area contributed by atoms with Gasteiger partial charge in [0.1, 0.15) is 0 Å². The number of fused-ring (bicyclic) bond motifs is 1. The minimum absolute atomic E-state index is 0.254. The molecule has 6 rings (SSSR count). The lowest BCUT2D eigenvalue weighted by atomic mass is 10.1. The zero-order valence-electron chi connectivity index (χ0n) is 18.7. The van der Waals surface area contributed by atoms with Gasteiger partial charge in [-0.2, -0.15) is 0 Å². The van der Waals surface area contributed by atoms with Gasteiger partial charge in [-0.05, 0) is 59.6 Å². The number of hydrogen-bond donors (Lipinski definition) is 0. The maximum atomic E-state index is 6.34. The Bertz CT molecular complexity index is 1540. The molecule has 3 nitrogen and oxygen atoms in total. The van der Waals surface area contributed by atoms with Crippen LogP contribution in [0.3, 0.4) is 0 Å². The molecule has 4 aromatic carbocycles. The van der Waals surface area contributed by atoms with E-state index in [0.717, 1.165) is 49.0 Å². The van der Waals surface area contributed by atoms with E-state index in [9.17, 15) is 0 Å². The van der Waals surface area contributed by atoms with Gasteiger partial charge in [0.15, 0.2) is 0 Å². The first-order chi connectivity index (χ1) is 17.3. The maximum Gasteiger partial charge on any atom is 0.223 e. The van der Waals surface area contributed by atoms with E-state index in [0.29, 0.717) is 0 Å². The van der Waals surface area contributed by atoms with Gasteiger partial charge in [-0.3, -0.25) is 0 Å². The van der Waals surface area contributed by atoms with Crippen molar-refractivity contribution in [2.75, 3.05) is 4.90 Å². The van der Waals surface area contributed by atoms with Gasteiger partial charge in [-0.15, -0.1) is 11.3 Å². The number of aromatic nitrogens is 2. The maximum absolute atomic E-state index is 6.34. The van der Waals surface area contributed by atoms with Crippen LogP contribution in [0.2, 0.25) is 5.28 Å². The lowest BCUT2D eigenvalue weighted by Crippen LogP contribution is -2.09. The van der Waals surface area contributed by atoms with E-state index in [4.69, 9.17) is 11.6 Å². The van der Waals surface area contributed by atoms with E-state index < -0.39 is 0 Å². The number of anilines is 3. The number of thiophene rings is 1. The van der Waals surface area contributed by atoms with Crippen molar-refractivity contribution in [1.29, 1.82) is 0 Å². The van der Waals surface area contributed by atoms with E-state index in [2.05, 4.69) is 106 Å². The van der Waals surface area contributed by atoms with Crippen LogP contribution < -0.4 is 4.90 Å². The van der Waals surface area contributed by atoms with Crippen molar-refractivity contribution in [3.05, 3.63) is 127 Å². The van der Waals surface area contributed by atoms with Gasteiger partial charge >= 0.3 is 0 Å². The normalized spacial score (nSPS) is 11.0. The van der Waals surface area contributed by atoms with Crippen LogP contribution in [-0.2, 0) is 0 Å². The highest BCUT2D eigenvalue weighted by atomic mass is 35.5. The monoisotopic (exact) mass is 489 g/mol. The molecular formula is C30H20ClN3S. The molecule has 0 spiro atoms. The average molecular weight is 490 g/mol.